The molecular weight excluding hydrogens is 158 g/mol. The minimum Gasteiger partial charge on any atom is -0.385 e. The van der Waals surface area contributed by atoms with Crippen molar-refractivity contribution in [3.05, 3.63) is 29.8 Å². The van der Waals surface area contributed by atoms with Crippen molar-refractivity contribution in [2.45, 2.75) is 33.1 Å². The van der Waals surface area contributed by atoms with Crippen LogP contribution in [-0.4, -0.2) is 6.54 Å². The maximum Gasteiger partial charge on any atom is 0.0372 e. The second-order valence-corrected chi connectivity index (χ2v) is 3.39. The van der Waals surface area contributed by atoms with Gasteiger partial charge in [0.2, 0.25) is 0 Å². The fourth-order valence-electron chi connectivity index (χ4n) is 1.41. The first kappa shape index (κ1) is 10.1. The van der Waals surface area contributed by atoms with Crippen LogP contribution in [0.4, 0.5) is 5.69 Å². The van der Waals surface area contributed by atoms with Crippen molar-refractivity contribution in [2.24, 2.45) is 0 Å². The van der Waals surface area contributed by atoms with E-state index in [0.29, 0.717) is 0 Å². The van der Waals surface area contributed by atoms with Gasteiger partial charge in [0, 0.05) is 12.2 Å². The fourth-order valence-corrected chi connectivity index (χ4v) is 1.41. The maximum atomic E-state index is 3.36. The number of anilines is 1. The molecule has 0 amide bonds. The molecule has 0 aliphatic carbocycles. The summed E-state index contributed by atoms with van der Waals surface area (Å²) in [5, 5.41) is 3.36. The van der Waals surface area contributed by atoms with Crippen molar-refractivity contribution in [3.63, 3.8) is 0 Å². The topological polar surface area (TPSA) is 12.0 Å². The van der Waals surface area contributed by atoms with E-state index in [-0.39, 0.29) is 0 Å². The largest absolute Gasteiger partial charge is 0.385 e. The number of hydrogen-bond donors (Lipinski definition) is 1. The van der Waals surface area contributed by atoms with Crippen LogP contribution in [0.2, 0.25) is 0 Å². The SMILES string of the molecule is CCC.c1ccc2c(c1)CCCN2. The Labute approximate surface area is 81.2 Å². The lowest BCUT2D eigenvalue weighted by Gasteiger charge is -2.16. The Morgan fingerprint density at radius 1 is 1.23 bits per heavy atom. The van der Waals surface area contributed by atoms with Crippen LogP contribution in [0.25, 0.3) is 0 Å². The number of rotatable bonds is 0. The molecule has 0 aromatic heterocycles. The molecule has 13 heavy (non-hydrogen) atoms. The second kappa shape index (κ2) is 5.63. The highest BCUT2D eigenvalue weighted by Crippen LogP contribution is 2.19. The fraction of sp³-hybridized carbons (Fsp3) is 0.500. The Kier molecular flexibility index (Phi) is 4.37. The van der Waals surface area contributed by atoms with Crippen LogP contribution >= 0.6 is 0 Å². The summed E-state index contributed by atoms with van der Waals surface area (Å²) < 4.78 is 0. The summed E-state index contributed by atoms with van der Waals surface area (Å²) in [6.07, 6.45) is 3.76. The Morgan fingerprint density at radius 2 is 1.92 bits per heavy atom. The number of nitrogens with one attached hydrogen (secondary N) is 1. The molecule has 1 N–H and O–H groups in total. The number of hydrogen-bond acceptors (Lipinski definition) is 1. The predicted octanol–water partition coefficient (Wildman–Crippen LogP) is 3.46. The average molecular weight is 177 g/mol. The lowest BCUT2D eigenvalue weighted by atomic mass is 10.0. The van der Waals surface area contributed by atoms with E-state index in [1.54, 1.807) is 0 Å². The zero-order valence-corrected chi connectivity index (χ0v) is 8.64. The highest BCUT2D eigenvalue weighted by molar-refractivity contribution is 5.52. The summed E-state index contributed by atoms with van der Waals surface area (Å²) in [5.74, 6) is 0. The molecule has 1 aliphatic rings. The standard InChI is InChI=1S/C9H11N.C3H8/c1-2-6-9-8(4-1)5-3-7-10-9;1-3-2/h1-2,4,6,10H,3,5,7H2;3H2,1-2H3. The number of para-hydroxylation sites is 1. The van der Waals surface area contributed by atoms with Crippen molar-refractivity contribution in [3.8, 4) is 0 Å². The molecule has 1 aromatic carbocycles. The van der Waals surface area contributed by atoms with Gasteiger partial charge in [0.15, 0.2) is 0 Å². The van der Waals surface area contributed by atoms with Crippen molar-refractivity contribution >= 4 is 5.69 Å². The minimum atomic E-state index is 1.14. The first-order chi connectivity index (χ1) is 6.38. The van der Waals surface area contributed by atoms with E-state index in [4.69, 9.17) is 0 Å². The van der Waals surface area contributed by atoms with E-state index in [2.05, 4.69) is 43.4 Å². The molecule has 0 atom stereocenters. The lowest BCUT2D eigenvalue weighted by molar-refractivity contribution is 0.830. The van der Waals surface area contributed by atoms with Crippen LogP contribution < -0.4 is 5.32 Å². The van der Waals surface area contributed by atoms with E-state index in [0.717, 1.165) is 6.54 Å². The van der Waals surface area contributed by atoms with E-state index in [1.165, 1.54) is 30.5 Å². The Morgan fingerprint density at radius 3 is 2.62 bits per heavy atom. The summed E-state index contributed by atoms with van der Waals surface area (Å²) in [7, 11) is 0. The quantitative estimate of drug-likeness (QED) is 0.640. The van der Waals surface area contributed by atoms with Gasteiger partial charge in [-0.2, -0.15) is 0 Å². The molecule has 1 aliphatic heterocycles. The van der Waals surface area contributed by atoms with Gasteiger partial charge in [-0.1, -0.05) is 38.5 Å². The second-order valence-electron chi connectivity index (χ2n) is 3.39. The molecule has 0 saturated carbocycles. The zero-order chi connectivity index (χ0) is 9.52. The molecular formula is C12H19N. The van der Waals surface area contributed by atoms with Crippen LogP contribution in [0, 0.1) is 0 Å². The molecule has 0 radical (unpaired) electrons. The van der Waals surface area contributed by atoms with Crippen molar-refractivity contribution < 1.29 is 0 Å². The van der Waals surface area contributed by atoms with E-state index < -0.39 is 0 Å². The van der Waals surface area contributed by atoms with Crippen LogP contribution in [0.15, 0.2) is 24.3 Å². The van der Waals surface area contributed by atoms with Crippen molar-refractivity contribution in [1.82, 2.24) is 0 Å². The number of aryl methyl sites for hydroxylation is 1. The summed E-state index contributed by atoms with van der Waals surface area (Å²) in [5.41, 5.74) is 2.79. The van der Waals surface area contributed by atoms with Gasteiger partial charge < -0.3 is 5.32 Å². The molecule has 0 bridgehead atoms. The third-order valence-corrected chi connectivity index (χ3v) is 1.96. The highest BCUT2D eigenvalue weighted by Gasteiger charge is 2.04. The molecule has 72 valence electrons. The normalized spacial score (nSPS) is 13.4. The number of fused-ring (bicyclic) bond motifs is 1. The van der Waals surface area contributed by atoms with Crippen LogP contribution in [0.3, 0.4) is 0 Å². The molecule has 0 unspecified atom stereocenters. The lowest BCUT2D eigenvalue weighted by Crippen LogP contribution is -2.10. The van der Waals surface area contributed by atoms with E-state index >= 15 is 0 Å². The first-order valence-electron chi connectivity index (χ1n) is 5.20. The maximum absolute atomic E-state index is 3.36. The molecule has 0 spiro atoms. The number of benzene rings is 1. The summed E-state index contributed by atoms with van der Waals surface area (Å²) >= 11 is 0. The molecule has 1 nitrogen and oxygen atoms in total. The third kappa shape index (κ3) is 3.10. The summed E-state index contributed by atoms with van der Waals surface area (Å²) in [6, 6.07) is 8.53. The van der Waals surface area contributed by atoms with Gasteiger partial charge in [-0.05, 0) is 24.5 Å². The zero-order valence-electron chi connectivity index (χ0n) is 8.64. The van der Waals surface area contributed by atoms with Gasteiger partial charge in [0.05, 0.1) is 0 Å². The van der Waals surface area contributed by atoms with Gasteiger partial charge >= 0.3 is 0 Å². The molecule has 0 fully saturated rings. The first-order valence-corrected chi connectivity index (χ1v) is 5.20. The average Bonchev–Trinajstić information content (AvgIpc) is 2.19. The molecule has 1 aromatic rings. The monoisotopic (exact) mass is 177 g/mol. The van der Waals surface area contributed by atoms with Crippen molar-refractivity contribution in [1.29, 1.82) is 0 Å². The minimum absolute atomic E-state index is 1.14. The van der Waals surface area contributed by atoms with Crippen LogP contribution in [0.1, 0.15) is 32.3 Å². The van der Waals surface area contributed by atoms with Crippen molar-refractivity contribution in [2.75, 3.05) is 11.9 Å². The van der Waals surface area contributed by atoms with Gasteiger partial charge in [0.25, 0.3) is 0 Å². The van der Waals surface area contributed by atoms with Gasteiger partial charge in [-0.15, -0.1) is 0 Å². The van der Waals surface area contributed by atoms with E-state index in [1.807, 2.05) is 0 Å². The van der Waals surface area contributed by atoms with Gasteiger partial charge in [0.1, 0.15) is 0 Å². The summed E-state index contributed by atoms with van der Waals surface area (Å²) in [6.45, 7) is 5.39. The van der Waals surface area contributed by atoms with Crippen LogP contribution in [-0.2, 0) is 6.42 Å². The molecule has 2 rings (SSSR count). The van der Waals surface area contributed by atoms with Crippen LogP contribution in [0.5, 0.6) is 0 Å². The van der Waals surface area contributed by atoms with E-state index in [9.17, 15) is 0 Å². The molecule has 1 heteroatoms. The Hall–Kier alpha value is -0.980. The molecule has 1 heterocycles. The van der Waals surface area contributed by atoms with Gasteiger partial charge in [-0.3, -0.25) is 0 Å². The summed E-state index contributed by atoms with van der Waals surface area (Å²) in [4.78, 5) is 0. The highest BCUT2D eigenvalue weighted by atomic mass is 14.9. The Balaban J connectivity index is 0.000000251. The Bertz CT molecular complexity index is 218. The smallest absolute Gasteiger partial charge is 0.0372 e. The third-order valence-electron chi connectivity index (χ3n) is 1.96. The van der Waals surface area contributed by atoms with Gasteiger partial charge in [-0.25, -0.2) is 0 Å². The predicted molar refractivity (Wildman–Crippen MR) is 59.2 cm³/mol. The molecule has 0 saturated heterocycles.